The first-order valence-corrected chi connectivity index (χ1v) is 10.3. The highest BCUT2D eigenvalue weighted by molar-refractivity contribution is 6.05. The molecule has 0 bridgehead atoms. The maximum atomic E-state index is 13.8. The molecule has 1 N–H and O–H groups in total. The van der Waals surface area contributed by atoms with E-state index < -0.39 is 0 Å². The summed E-state index contributed by atoms with van der Waals surface area (Å²) < 4.78 is 15.3. The van der Waals surface area contributed by atoms with E-state index in [1.807, 2.05) is 49.4 Å². The highest BCUT2D eigenvalue weighted by Crippen LogP contribution is 2.36. The van der Waals surface area contributed by atoms with Crippen LogP contribution in [0.5, 0.6) is 0 Å². The number of benzene rings is 3. The van der Waals surface area contributed by atoms with Gasteiger partial charge in [-0.25, -0.2) is 9.18 Å². The number of nitrogens with zero attached hydrogens (tertiary/aromatic N) is 2. The zero-order chi connectivity index (χ0) is 22.8. The molecule has 4 rings (SSSR count). The van der Waals surface area contributed by atoms with Crippen LogP contribution in [0.2, 0.25) is 0 Å². The van der Waals surface area contributed by atoms with Gasteiger partial charge in [-0.05, 0) is 47.2 Å². The van der Waals surface area contributed by atoms with Crippen LogP contribution < -0.4 is 10.9 Å². The van der Waals surface area contributed by atoms with Gasteiger partial charge in [0.05, 0.1) is 0 Å². The molecule has 0 saturated carbocycles. The van der Waals surface area contributed by atoms with Gasteiger partial charge in [0.25, 0.3) is 5.56 Å². The Morgan fingerprint density at radius 1 is 1.00 bits per heavy atom. The molecule has 0 unspecified atom stereocenters. The number of aromatic nitrogens is 1. The van der Waals surface area contributed by atoms with Gasteiger partial charge in [0.2, 0.25) is 0 Å². The van der Waals surface area contributed by atoms with Crippen LogP contribution in [0.1, 0.15) is 11.1 Å². The Labute approximate surface area is 185 Å². The number of fused-ring (bicyclic) bond motifs is 1. The van der Waals surface area contributed by atoms with Crippen molar-refractivity contribution in [2.75, 3.05) is 12.4 Å². The smallest absolute Gasteiger partial charge is 0.323 e. The van der Waals surface area contributed by atoms with Gasteiger partial charge in [-0.2, -0.15) is 0 Å². The summed E-state index contributed by atoms with van der Waals surface area (Å²) in [4.78, 5) is 27.7. The van der Waals surface area contributed by atoms with Gasteiger partial charge in [-0.15, -0.1) is 0 Å². The van der Waals surface area contributed by atoms with Crippen LogP contribution in [-0.4, -0.2) is 22.5 Å². The molecule has 0 atom stereocenters. The molecule has 0 spiro atoms. The molecule has 4 aromatic rings. The lowest BCUT2D eigenvalue weighted by atomic mass is 9.95. The summed E-state index contributed by atoms with van der Waals surface area (Å²) in [5, 5.41) is 4.16. The van der Waals surface area contributed by atoms with E-state index in [0.29, 0.717) is 34.3 Å². The third-order valence-electron chi connectivity index (χ3n) is 5.60. The van der Waals surface area contributed by atoms with Gasteiger partial charge in [0.15, 0.2) is 0 Å². The quantitative estimate of drug-likeness (QED) is 0.478. The molecule has 1 heterocycles. The zero-order valence-corrected chi connectivity index (χ0v) is 18.2. The van der Waals surface area contributed by atoms with Crippen molar-refractivity contribution in [2.45, 2.75) is 13.5 Å². The molecule has 6 heteroatoms. The molecule has 0 fully saturated rings. The third kappa shape index (κ3) is 3.99. The first-order chi connectivity index (χ1) is 15.4. The normalized spacial score (nSPS) is 10.9. The number of halogens is 1. The molecule has 0 saturated heterocycles. The number of aryl methyl sites for hydroxylation is 1. The van der Waals surface area contributed by atoms with Crippen LogP contribution >= 0.6 is 0 Å². The second kappa shape index (κ2) is 8.67. The van der Waals surface area contributed by atoms with Crippen molar-refractivity contribution in [2.24, 2.45) is 7.05 Å². The minimum absolute atomic E-state index is 0.217. The summed E-state index contributed by atoms with van der Waals surface area (Å²) in [5.41, 5.74) is 2.92. The molecule has 1 aromatic heterocycles. The highest BCUT2D eigenvalue weighted by atomic mass is 19.1. The summed E-state index contributed by atoms with van der Waals surface area (Å²) in [6, 6.07) is 21.1. The highest BCUT2D eigenvalue weighted by Gasteiger charge is 2.21. The number of amides is 2. The van der Waals surface area contributed by atoms with Crippen molar-refractivity contribution in [3.63, 3.8) is 0 Å². The Morgan fingerprint density at radius 2 is 1.66 bits per heavy atom. The maximum absolute atomic E-state index is 13.8. The molecule has 0 radical (unpaired) electrons. The molecule has 0 aliphatic rings. The van der Waals surface area contributed by atoms with Gasteiger partial charge in [0, 0.05) is 31.6 Å². The minimum atomic E-state index is -0.347. The summed E-state index contributed by atoms with van der Waals surface area (Å²) in [6.07, 6.45) is 0. The Kier molecular flexibility index (Phi) is 5.77. The van der Waals surface area contributed by atoms with Crippen LogP contribution in [0.15, 0.2) is 77.6 Å². The Bertz CT molecular complexity index is 1360. The van der Waals surface area contributed by atoms with Gasteiger partial charge in [0.1, 0.15) is 11.6 Å². The van der Waals surface area contributed by atoms with Crippen molar-refractivity contribution in [3.05, 3.63) is 100 Å². The predicted molar refractivity (Wildman–Crippen MR) is 126 cm³/mol. The number of rotatable bonds is 4. The van der Waals surface area contributed by atoms with E-state index in [4.69, 9.17) is 0 Å². The first kappa shape index (κ1) is 21.3. The molecule has 3 aromatic carbocycles. The van der Waals surface area contributed by atoms with E-state index in [0.717, 1.165) is 11.1 Å². The molecule has 2 amide bonds. The Hall–Kier alpha value is -3.93. The molecular formula is C26H24FN3O2. The number of hydrogen-bond acceptors (Lipinski definition) is 2. The molecule has 32 heavy (non-hydrogen) atoms. The van der Waals surface area contributed by atoms with Crippen LogP contribution in [0.3, 0.4) is 0 Å². The topological polar surface area (TPSA) is 54.3 Å². The second-order valence-corrected chi connectivity index (χ2v) is 7.86. The van der Waals surface area contributed by atoms with Gasteiger partial charge in [-0.1, -0.05) is 54.6 Å². The van der Waals surface area contributed by atoms with Crippen molar-refractivity contribution < 1.29 is 9.18 Å². The van der Waals surface area contributed by atoms with Crippen LogP contribution in [0, 0.1) is 12.7 Å². The molecular weight excluding hydrogens is 405 g/mol. The lowest BCUT2D eigenvalue weighted by Crippen LogP contribution is -2.33. The SMILES string of the molecule is Cc1cc(F)ccc1-c1c(NC(=O)N(C)Cc2ccccc2)n(C)c(=O)c2ccccc12. The number of urea groups is 1. The number of carbonyl (C=O) groups excluding carboxylic acids is 1. The van der Waals surface area contributed by atoms with E-state index in [2.05, 4.69) is 5.32 Å². The monoisotopic (exact) mass is 429 g/mol. The second-order valence-electron chi connectivity index (χ2n) is 7.86. The van der Waals surface area contributed by atoms with E-state index in [-0.39, 0.29) is 17.4 Å². The van der Waals surface area contributed by atoms with Crippen molar-refractivity contribution in [3.8, 4) is 11.1 Å². The maximum Gasteiger partial charge on any atom is 0.323 e. The van der Waals surface area contributed by atoms with Crippen molar-refractivity contribution in [1.29, 1.82) is 0 Å². The zero-order valence-electron chi connectivity index (χ0n) is 18.2. The standard InChI is InChI=1S/C26H24FN3O2/c1-17-15-19(27)13-14-20(17)23-21-11-7-8-12-22(21)25(31)30(3)24(23)28-26(32)29(2)16-18-9-5-4-6-10-18/h4-15H,16H2,1-3H3,(H,28,32). The van der Waals surface area contributed by atoms with Gasteiger partial charge in [-0.3, -0.25) is 14.7 Å². The molecule has 0 aliphatic carbocycles. The molecule has 0 aliphatic heterocycles. The van der Waals surface area contributed by atoms with E-state index >= 15 is 0 Å². The number of carbonyl (C=O) groups is 1. The Morgan fingerprint density at radius 3 is 2.34 bits per heavy atom. The summed E-state index contributed by atoms with van der Waals surface area (Å²) in [5.74, 6) is 0.0295. The number of pyridine rings is 1. The fraction of sp³-hybridized carbons (Fsp3) is 0.154. The van der Waals surface area contributed by atoms with E-state index in [9.17, 15) is 14.0 Å². The summed E-state index contributed by atoms with van der Waals surface area (Å²) in [6.45, 7) is 2.23. The fourth-order valence-corrected chi connectivity index (χ4v) is 3.92. The lowest BCUT2D eigenvalue weighted by molar-refractivity contribution is 0.220. The van der Waals surface area contributed by atoms with E-state index in [1.54, 1.807) is 37.2 Å². The van der Waals surface area contributed by atoms with Crippen LogP contribution in [-0.2, 0) is 13.6 Å². The Balaban J connectivity index is 1.84. The fourth-order valence-electron chi connectivity index (χ4n) is 3.92. The van der Waals surface area contributed by atoms with Gasteiger partial charge < -0.3 is 4.90 Å². The largest absolute Gasteiger partial charge is 0.323 e. The average Bonchev–Trinajstić information content (AvgIpc) is 2.79. The number of anilines is 1. The first-order valence-electron chi connectivity index (χ1n) is 10.3. The van der Waals surface area contributed by atoms with Crippen molar-refractivity contribution in [1.82, 2.24) is 9.47 Å². The summed E-state index contributed by atoms with van der Waals surface area (Å²) in [7, 11) is 3.33. The summed E-state index contributed by atoms with van der Waals surface area (Å²) >= 11 is 0. The number of nitrogens with one attached hydrogen (secondary N) is 1. The van der Waals surface area contributed by atoms with Crippen LogP contribution in [0.25, 0.3) is 21.9 Å². The average molecular weight is 429 g/mol. The third-order valence-corrected chi connectivity index (χ3v) is 5.60. The molecule has 162 valence electrons. The predicted octanol–water partition coefficient (Wildman–Crippen LogP) is 5.32. The lowest BCUT2D eigenvalue weighted by Gasteiger charge is -2.23. The van der Waals surface area contributed by atoms with Crippen molar-refractivity contribution >= 4 is 22.6 Å². The number of hydrogen-bond donors (Lipinski definition) is 1. The van der Waals surface area contributed by atoms with Crippen LogP contribution in [0.4, 0.5) is 15.0 Å². The molecule has 5 nitrogen and oxygen atoms in total. The minimum Gasteiger partial charge on any atom is -0.323 e. The van der Waals surface area contributed by atoms with Gasteiger partial charge >= 0.3 is 6.03 Å². The van der Waals surface area contributed by atoms with E-state index in [1.165, 1.54) is 16.7 Å².